The molecule has 0 amide bonds. The van der Waals surface area contributed by atoms with E-state index in [1.54, 1.807) is 0 Å². The molecule has 4 aromatic heterocycles. The van der Waals surface area contributed by atoms with Gasteiger partial charge in [-0.2, -0.15) is 0 Å². The van der Waals surface area contributed by atoms with Crippen LogP contribution in [0.4, 0.5) is 0 Å². The molecule has 0 fully saturated rings. The van der Waals surface area contributed by atoms with E-state index < -0.39 is 0 Å². The number of para-hydroxylation sites is 2. The monoisotopic (exact) mass is 733 g/mol. The highest BCUT2D eigenvalue weighted by molar-refractivity contribution is 6.11. The molecule has 0 aliphatic carbocycles. The van der Waals surface area contributed by atoms with E-state index in [0.29, 0.717) is 5.95 Å². The number of hydrogen-bond donors (Lipinski definition) is 0. The number of fused-ring (bicyclic) bond motifs is 9. The molecule has 0 atom stereocenters. The summed E-state index contributed by atoms with van der Waals surface area (Å²) in [6, 6.07) is 54.1. The maximum atomic E-state index is 5.33. The van der Waals surface area contributed by atoms with Crippen LogP contribution >= 0.6 is 0 Å². The zero-order valence-corrected chi connectivity index (χ0v) is 31.0. The lowest BCUT2D eigenvalue weighted by Crippen LogP contribution is -2.07. The summed E-state index contributed by atoms with van der Waals surface area (Å²) in [5.41, 5.74) is 15.6. The average Bonchev–Trinajstić information content (AvgIpc) is 3.92. The highest BCUT2D eigenvalue weighted by atomic mass is 15.2. The summed E-state index contributed by atoms with van der Waals surface area (Å²) in [6.45, 7) is 1.57. The fourth-order valence-electron chi connectivity index (χ4n) is 9.20. The quantitative estimate of drug-likeness (QED) is 0.177. The first-order valence-corrected chi connectivity index (χ1v) is 19.6. The number of hydrogen-bond acceptors (Lipinski definition) is 4. The van der Waals surface area contributed by atoms with E-state index in [1.165, 1.54) is 44.3 Å². The summed E-state index contributed by atoms with van der Waals surface area (Å²) in [5, 5.41) is 4.74. The minimum atomic E-state index is 0.635. The lowest BCUT2D eigenvalue weighted by molar-refractivity contribution is 0.875. The molecule has 2 aliphatic rings. The van der Waals surface area contributed by atoms with Crippen molar-refractivity contribution in [3.63, 3.8) is 0 Å². The van der Waals surface area contributed by atoms with Crippen LogP contribution in [0.5, 0.6) is 0 Å². The van der Waals surface area contributed by atoms with Crippen molar-refractivity contribution in [1.29, 1.82) is 0 Å². The van der Waals surface area contributed by atoms with Gasteiger partial charge in [0.1, 0.15) is 0 Å². The average molecular weight is 734 g/mol. The molecule has 0 saturated carbocycles. The first-order chi connectivity index (χ1) is 28.3. The number of rotatable bonds is 5. The lowest BCUT2D eigenvalue weighted by Gasteiger charge is -2.14. The van der Waals surface area contributed by atoms with Gasteiger partial charge in [0.15, 0.2) is 0 Å². The van der Waals surface area contributed by atoms with Crippen molar-refractivity contribution in [2.45, 2.75) is 12.8 Å². The van der Waals surface area contributed by atoms with Gasteiger partial charge in [0, 0.05) is 105 Å². The van der Waals surface area contributed by atoms with E-state index in [1.807, 2.05) is 12.1 Å². The van der Waals surface area contributed by atoms with Crippen molar-refractivity contribution in [3.05, 3.63) is 174 Å². The molecule has 0 bridgehead atoms. The maximum Gasteiger partial charge on any atom is 0.235 e. The number of aromatic nitrogens is 5. The third-order valence-electron chi connectivity index (χ3n) is 11.7. The standard InChI is InChI=1S/C50H35N7/c1-3-11-32(12-4-1)42-29-43(33-13-5-2-6-14-33)54-50(53-42)57-46-21-19-34(55-44-17-9-7-15-36(44)40-30-51-25-23-48(40)55)27-38(46)39-28-35(20-22-47(39)57)56-45-18-10-8-16-37(45)41-31-52-26-24-49(41)56/h1-22,27-31H,23-26H2. The highest BCUT2D eigenvalue weighted by Gasteiger charge is 2.24. The van der Waals surface area contributed by atoms with Crippen LogP contribution in [0.3, 0.4) is 0 Å². The van der Waals surface area contributed by atoms with Crippen LogP contribution in [0.15, 0.2) is 162 Å². The van der Waals surface area contributed by atoms with Gasteiger partial charge in [0.25, 0.3) is 0 Å². The third kappa shape index (κ3) is 4.92. The number of aliphatic imine (C=N–C) groups is 2. The Morgan fingerprint density at radius 3 is 1.32 bits per heavy atom. The zero-order chi connectivity index (χ0) is 37.5. The molecule has 0 radical (unpaired) electrons. The molecule has 6 aromatic carbocycles. The number of nitrogens with zero attached hydrogens (tertiary/aromatic N) is 7. The minimum absolute atomic E-state index is 0.635. The molecular weight excluding hydrogens is 699 g/mol. The van der Waals surface area contributed by atoms with Gasteiger partial charge in [0.05, 0.1) is 33.5 Å². The summed E-state index contributed by atoms with van der Waals surface area (Å²) < 4.78 is 7.14. The van der Waals surface area contributed by atoms with Gasteiger partial charge in [0.2, 0.25) is 5.95 Å². The molecule has 7 nitrogen and oxygen atoms in total. The Kier molecular flexibility index (Phi) is 7.04. The van der Waals surface area contributed by atoms with E-state index in [4.69, 9.17) is 9.97 Å². The van der Waals surface area contributed by atoms with Gasteiger partial charge in [-0.15, -0.1) is 0 Å². The summed E-state index contributed by atoms with van der Waals surface area (Å²) in [5.74, 6) is 0.635. The molecule has 0 spiro atoms. The Balaban J connectivity index is 1.16. The second-order valence-electron chi connectivity index (χ2n) is 14.9. The van der Waals surface area contributed by atoms with Crippen LogP contribution < -0.4 is 0 Å². The minimum Gasteiger partial charge on any atom is -0.313 e. The van der Waals surface area contributed by atoms with Gasteiger partial charge in [-0.1, -0.05) is 97.1 Å². The Morgan fingerprint density at radius 1 is 0.386 bits per heavy atom. The third-order valence-corrected chi connectivity index (χ3v) is 11.7. The van der Waals surface area contributed by atoms with Crippen molar-refractivity contribution < 1.29 is 0 Å². The predicted molar refractivity (Wildman–Crippen MR) is 233 cm³/mol. The fraction of sp³-hybridized carbons (Fsp3) is 0.0800. The second-order valence-corrected chi connectivity index (χ2v) is 14.9. The Morgan fingerprint density at radius 2 is 0.825 bits per heavy atom. The molecule has 6 heterocycles. The van der Waals surface area contributed by atoms with Crippen LogP contribution in [0.1, 0.15) is 22.5 Å². The summed E-state index contributed by atoms with van der Waals surface area (Å²) in [6.07, 6.45) is 5.90. The normalized spacial score (nSPS) is 13.5. The summed E-state index contributed by atoms with van der Waals surface area (Å²) in [4.78, 5) is 20.0. The van der Waals surface area contributed by atoms with E-state index in [0.717, 1.165) is 81.6 Å². The molecule has 10 aromatic rings. The SMILES string of the molecule is C1=NCCc2c1c1ccccc1n2-c1ccc2c(c1)c1cc(-n3c4c(c5ccccc53)C=NCC4)ccc1n2-c1nc(-c2ccccc2)cc(-c2ccccc2)n1. The van der Waals surface area contributed by atoms with E-state index in [9.17, 15) is 0 Å². The van der Waals surface area contributed by atoms with Gasteiger partial charge >= 0.3 is 0 Å². The molecule has 0 saturated heterocycles. The van der Waals surface area contributed by atoms with Crippen molar-refractivity contribution in [1.82, 2.24) is 23.7 Å². The Bertz CT molecular complexity index is 3070. The largest absolute Gasteiger partial charge is 0.313 e. The van der Waals surface area contributed by atoms with E-state index >= 15 is 0 Å². The first-order valence-electron chi connectivity index (χ1n) is 19.6. The smallest absolute Gasteiger partial charge is 0.235 e. The molecule has 57 heavy (non-hydrogen) atoms. The summed E-state index contributed by atoms with van der Waals surface area (Å²) in [7, 11) is 0. The number of benzene rings is 6. The second kappa shape index (κ2) is 12.6. The zero-order valence-electron chi connectivity index (χ0n) is 31.0. The van der Waals surface area contributed by atoms with Crippen LogP contribution in [0, 0.1) is 0 Å². The Hall–Kier alpha value is -7.38. The van der Waals surface area contributed by atoms with E-state index in [2.05, 4.69) is 176 Å². The van der Waals surface area contributed by atoms with Crippen LogP contribution in [-0.4, -0.2) is 49.2 Å². The molecule has 0 N–H and O–H groups in total. The molecule has 12 rings (SSSR count). The molecule has 0 unspecified atom stereocenters. The van der Waals surface area contributed by atoms with E-state index in [-0.39, 0.29) is 0 Å². The highest BCUT2D eigenvalue weighted by Crippen LogP contribution is 2.39. The summed E-state index contributed by atoms with van der Waals surface area (Å²) >= 11 is 0. The molecule has 270 valence electrons. The predicted octanol–water partition coefficient (Wildman–Crippen LogP) is 10.7. The van der Waals surface area contributed by atoms with Crippen molar-refractivity contribution in [2.75, 3.05) is 13.1 Å². The van der Waals surface area contributed by atoms with Crippen LogP contribution in [0.2, 0.25) is 0 Å². The van der Waals surface area contributed by atoms with Crippen molar-refractivity contribution in [3.8, 4) is 39.8 Å². The molecular formula is C50H35N7. The molecule has 2 aliphatic heterocycles. The Labute approximate surface area is 328 Å². The van der Waals surface area contributed by atoms with Gasteiger partial charge in [-0.25, -0.2) is 9.97 Å². The van der Waals surface area contributed by atoms with Gasteiger partial charge in [-0.3, -0.25) is 14.6 Å². The first kappa shape index (κ1) is 31.9. The maximum absolute atomic E-state index is 5.33. The van der Waals surface area contributed by atoms with Crippen LogP contribution in [0.25, 0.3) is 83.4 Å². The van der Waals surface area contributed by atoms with Gasteiger partial charge < -0.3 is 9.13 Å². The molecule has 7 heteroatoms. The van der Waals surface area contributed by atoms with Crippen molar-refractivity contribution in [2.24, 2.45) is 9.98 Å². The van der Waals surface area contributed by atoms with Crippen molar-refractivity contribution >= 4 is 56.0 Å². The van der Waals surface area contributed by atoms with Gasteiger partial charge in [-0.05, 0) is 54.6 Å². The van der Waals surface area contributed by atoms with Crippen LogP contribution in [-0.2, 0) is 12.8 Å². The lowest BCUT2D eigenvalue weighted by atomic mass is 10.1. The fourth-order valence-corrected chi connectivity index (χ4v) is 9.20. The topological polar surface area (TPSA) is 65.3 Å².